The number of benzene rings is 3. The summed E-state index contributed by atoms with van der Waals surface area (Å²) in [5.41, 5.74) is 6.67. The van der Waals surface area contributed by atoms with E-state index in [0.717, 1.165) is 41.1 Å². The second-order valence-corrected chi connectivity index (χ2v) is 9.59. The topological polar surface area (TPSA) is 84.3 Å². The quantitative estimate of drug-likeness (QED) is 0.258. The van der Waals surface area contributed by atoms with Crippen molar-refractivity contribution in [3.63, 3.8) is 0 Å². The summed E-state index contributed by atoms with van der Waals surface area (Å²) in [6.45, 7) is 12.6. The Bertz CT molecular complexity index is 1500. The maximum atomic E-state index is 12.7. The van der Waals surface area contributed by atoms with Gasteiger partial charge < -0.3 is 15.0 Å². The fraction of sp³-hybridized carbons (Fsp3) is 0.286. The smallest absolute Gasteiger partial charge is 0.257 e. The molecule has 0 unspecified atom stereocenters. The standard InChI is InChI=1S/C28H31ClN6O2S/c1-6-34(7-2)20-10-11-25(18(5)13-20)35-32-23-14-17(4)22(16-24(23)33-35)30-28(38)31-27(36)19-9-12-26(37-8-3)21(29)15-19/h9-16H,6-8H2,1-5H3,(H2,30,31,36,38). The van der Waals surface area contributed by atoms with E-state index in [9.17, 15) is 4.79 Å². The molecule has 0 spiro atoms. The Morgan fingerprint density at radius 2 is 1.71 bits per heavy atom. The first-order chi connectivity index (χ1) is 18.2. The predicted molar refractivity (Wildman–Crippen MR) is 158 cm³/mol. The number of thiocarbonyl (C=S) groups is 1. The van der Waals surface area contributed by atoms with E-state index in [0.29, 0.717) is 28.5 Å². The van der Waals surface area contributed by atoms with E-state index in [1.165, 1.54) is 5.69 Å². The normalized spacial score (nSPS) is 10.9. The number of hydrogen-bond acceptors (Lipinski definition) is 6. The summed E-state index contributed by atoms with van der Waals surface area (Å²) >= 11 is 11.6. The van der Waals surface area contributed by atoms with Crippen LogP contribution in [0.3, 0.4) is 0 Å². The van der Waals surface area contributed by atoms with E-state index in [1.807, 2.05) is 32.0 Å². The minimum atomic E-state index is -0.374. The maximum Gasteiger partial charge on any atom is 0.257 e. The highest BCUT2D eigenvalue weighted by atomic mass is 35.5. The van der Waals surface area contributed by atoms with E-state index in [1.54, 1.807) is 23.0 Å². The number of rotatable bonds is 8. The van der Waals surface area contributed by atoms with Gasteiger partial charge in [-0.1, -0.05) is 11.6 Å². The van der Waals surface area contributed by atoms with Crippen LogP contribution in [-0.4, -0.2) is 45.7 Å². The molecule has 38 heavy (non-hydrogen) atoms. The Morgan fingerprint density at radius 1 is 1.00 bits per heavy atom. The lowest BCUT2D eigenvalue weighted by Gasteiger charge is -2.22. The van der Waals surface area contributed by atoms with Crippen LogP contribution >= 0.6 is 23.8 Å². The summed E-state index contributed by atoms with van der Waals surface area (Å²) < 4.78 is 5.42. The van der Waals surface area contributed by atoms with Crippen molar-refractivity contribution in [2.45, 2.75) is 34.6 Å². The molecule has 10 heteroatoms. The molecule has 198 valence electrons. The van der Waals surface area contributed by atoms with E-state index < -0.39 is 0 Å². The average molecular weight is 551 g/mol. The number of fused-ring (bicyclic) bond motifs is 1. The Hall–Kier alpha value is -3.69. The molecular weight excluding hydrogens is 520 g/mol. The summed E-state index contributed by atoms with van der Waals surface area (Å²) in [4.78, 5) is 16.7. The van der Waals surface area contributed by atoms with Gasteiger partial charge in [0.1, 0.15) is 16.8 Å². The molecule has 2 N–H and O–H groups in total. The molecule has 1 amide bonds. The van der Waals surface area contributed by atoms with Crippen molar-refractivity contribution in [2.24, 2.45) is 0 Å². The molecule has 1 aromatic heterocycles. The lowest BCUT2D eigenvalue weighted by atomic mass is 10.1. The van der Waals surface area contributed by atoms with Crippen molar-refractivity contribution in [3.8, 4) is 11.4 Å². The molecule has 0 aliphatic rings. The molecule has 8 nitrogen and oxygen atoms in total. The number of carbonyl (C=O) groups is 1. The number of carbonyl (C=O) groups excluding carboxylic acids is 1. The maximum absolute atomic E-state index is 12.7. The third-order valence-corrected chi connectivity index (χ3v) is 6.72. The predicted octanol–water partition coefficient (Wildman–Crippen LogP) is 6.06. The summed E-state index contributed by atoms with van der Waals surface area (Å²) in [5, 5.41) is 15.7. The van der Waals surface area contributed by atoms with Crippen LogP contribution in [0.2, 0.25) is 5.02 Å². The van der Waals surface area contributed by atoms with Crippen molar-refractivity contribution in [2.75, 3.05) is 29.9 Å². The molecule has 3 aromatic carbocycles. The monoisotopic (exact) mass is 550 g/mol. The van der Waals surface area contributed by atoms with Gasteiger partial charge in [-0.15, -0.1) is 10.2 Å². The highest BCUT2D eigenvalue weighted by Gasteiger charge is 2.14. The molecule has 0 saturated heterocycles. The van der Waals surface area contributed by atoms with Crippen LogP contribution < -0.4 is 20.3 Å². The van der Waals surface area contributed by atoms with Crippen LogP contribution in [0.4, 0.5) is 11.4 Å². The Labute approximate surface area is 232 Å². The number of ether oxygens (including phenoxy) is 1. The fourth-order valence-corrected chi connectivity index (χ4v) is 4.64. The first-order valence-electron chi connectivity index (χ1n) is 12.5. The average Bonchev–Trinajstić information content (AvgIpc) is 3.28. The van der Waals surface area contributed by atoms with Gasteiger partial charge >= 0.3 is 0 Å². The van der Waals surface area contributed by atoms with Crippen molar-refractivity contribution in [3.05, 3.63) is 70.2 Å². The van der Waals surface area contributed by atoms with Gasteiger partial charge in [0.05, 0.1) is 17.3 Å². The summed E-state index contributed by atoms with van der Waals surface area (Å²) in [5.74, 6) is 0.152. The largest absolute Gasteiger partial charge is 0.492 e. The van der Waals surface area contributed by atoms with Crippen molar-refractivity contribution in [1.29, 1.82) is 0 Å². The van der Waals surface area contributed by atoms with Gasteiger partial charge in [0, 0.05) is 30.0 Å². The molecule has 4 aromatic rings. The number of hydrogen-bond donors (Lipinski definition) is 2. The number of anilines is 2. The lowest BCUT2D eigenvalue weighted by molar-refractivity contribution is 0.0977. The number of halogens is 1. The molecule has 0 fully saturated rings. The molecule has 0 bridgehead atoms. The zero-order valence-corrected chi connectivity index (χ0v) is 23.7. The molecule has 0 aliphatic heterocycles. The lowest BCUT2D eigenvalue weighted by Crippen LogP contribution is -2.34. The zero-order chi connectivity index (χ0) is 27.4. The summed E-state index contributed by atoms with van der Waals surface area (Å²) in [6.07, 6.45) is 0. The molecule has 0 radical (unpaired) electrons. The van der Waals surface area contributed by atoms with Gasteiger partial charge in [-0.2, -0.15) is 4.80 Å². The molecule has 0 atom stereocenters. The van der Waals surface area contributed by atoms with E-state index in [-0.39, 0.29) is 11.0 Å². The Morgan fingerprint density at radius 3 is 2.34 bits per heavy atom. The van der Waals surface area contributed by atoms with Crippen molar-refractivity contribution >= 4 is 57.2 Å². The van der Waals surface area contributed by atoms with Gasteiger partial charge in [0.15, 0.2) is 5.11 Å². The highest BCUT2D eigenvalue weighted by molar-refractivity contribution is 7.80. The Kier molecular flexibility index (Phi) is 8.48. The third-order valence-electron chi connectivity index (χ3n) is 6.22. The van der Waals surface area contributed by atoms with E-state index in [2.05, 4.69) is 48.4 Å². The van der Waals surface area contributed by atoms with E-state index >= 15 is 0 Å². The van der Waals surface area contributed by atoms with Crippen LogP contribution in [0.15, 0.2) is 48.5 Å². The molecule has 1 heterocycles. The van der Waals surface area contributed by atoms with Gasteiger partial charge in [-0.3, -0.25) is 10.1 Å². The second kappa shape index (κ2) is 11.8. The van der Waals surface area contributed by atoms with Gasteiger partial charge in [0.25, 0.3) is 5.91 Å². The second-order valence-electron chi connectivity index (χ2n) is 8.77. The molecule has 0 aliphatic carbocycles. The van der Waals surface area contributed by atoms with Gasteiger partial charge in [-0.25, -0.2) is 0 Å². The van der Waals surface area contributed by atoms with E-state index in [4.69, 9.17) is 38.8 Å². The van der Waals surface area contributed by atoms with Crippen LogP contribution in [0.1, 0.15) is 42.3 Å². The number of aryl methyl sites for hydroxylation is 2. The van der Waals surface area contributed by atoms with Crippen molar-refractivity contribution in [1.82, 2.24) is 20.3 Å². The fourth-order valence-electron chi connectivity index (χ4n) is 4.20. The number of nitrogens with one attached hydrogen (secondary N) is 2. The number of aromatic nitrogens is 3. The number of amides is 1. The zero-order valence-electron chi connectivity index (χ0n) is 22.1. The first-order valence-corrected chi connectivity index (χ1v) is 13.3. The van der Waals surface area contributed by atoms with Gasteiger partial charge in [-0.05, 0) is 106 Å². The first kappa shape index (κ1) is 27.3. The van der Waals surface area contributed by atoms with Crippen molar-refractivity contribution < 1.29 is 9.53 Å². The van der Waals surface area contributed by atoms with Crippen LogP contribution in [0.25, 0.3) is 16.7 Å². The summed E-state index contributed by atoms with van der Waals surface area (Å²) in [6, 6.07) is 15.0. The minimum absolute atomic E-state index is 0.165. The summed E-state index contributed by atoms with van der Waals surface area (Å²) in [7, 11) is 0. The Balaban J connectivity index is 1.51. The molecule has 4 rings (SSSR count). The highest BCUT2D eigenvalue weighted by Crippen LogP contribution is 2.26. The SMILES string of the molecule is CCOc1ccc(C(=O)NC(=S)Nc2cc3nn(-c4ccc(N(CC)CC)cc4C)nc3cc2C)cc1Cl. The number of nitrogens with zero attached hydrogens (tertiary/aromatic N) is 4. The van der Waals surface area contributed by atoms with Gasteiger partial charge in [0.2, 0.25) is 0 Å². The molecule has 0 saturated carbocycles. The van der Waals surface area contributed by atoms with Crippen LogP contribution in [-0.2, 0) is 0 Å². The minimum Gasteiger partial charge on any atom is -0.492 e. The third kappa shape index (κ3) is 5.89. The van der Waals surface area contributed by atoms with Crippen LogP contribution in [0, 0.1) is 13.8 Å². The molecular formula is C28H31ClN6O2S. The van der Waals surface area contributed by atoms with Crippen LogP contribution in [0.5, 0.6) is 5.75 Å².